The number of aromatic nitrogens is 3. The molecule has 8 heteroatoms. The molecule has 6 nitrogen and oxygen atoms in total. The number of amides is 1. The fraction of sp³-hybridized carbons (Fsp3) is 0.167. The van der Waals surface area contributed by atoms with Gasteiger partial charge in [-0.3, -0.25) is 4.79 Å². The number of nitrogens with zero attached hydrogens (tertiary/aromatic N) is 3. The van der Waals surface area contributed by atoms with E-state index < -0.39 is 5.41 Å². The van der Waals surface area contributed by atoms with Gasteiger partial charge in [-0.05, 0) is 36.4 Å². The molecule has 0 saturated carbocycles. The fourth-order valence-corrected chi connectivity index (χ4v) is 4.45. The van der Waals surface area contributed by atoms with E-state index in [1.807, 2.05) is 50.2 Å². The van der Waals surface area contributed by atoms with Crippen LogP contribution in [0.1, 0.15) is 30.9 Å². The van der Waals surface area contributed by atoms with Crippen LogP contribution >= 0.6 is 11.3 Å². The second kappa shape index (κ2) is 7.80. The van der Waals surface area contributed by atoms with Crippen LogP contribution in [0.4, 0.5) is 9.52 Å². The summed E-state index contributed by atoms with van der Waals surface area (Å²) in [5.41, 5.74) is 3.89. The first-order valence-electron chi connectivity index (χ1n) is 10.0. The van der Waals surface area contributed by atoms with Crippen LogP contribution in [-0.4, -0.2) is 21.1 Å². The minimum Gasteiger partial charge on any atom is -0.438 e. The van der Waals surface area contributed by atoms with Gasteiger partial charge in [-0.1, -0.05) is 49.4 Å². The van der Waals surface area contributed by atoms with Gasteiger partial charge in [-0.15, -0.1) is 10.2 Å². The van der Waals surface area contributed by atoms with Gasteiger partial charge in [-0.25, -0.2) is 9.37 Å². The highest BCUT2D eigenvalue weighted by atomic mass is 32.1. The number of hydrogen-bond acceptors (Lipinski definition) is 6. The standard InChI is InChI=1S/C24H19FN4O2S/c1-24(2,22(30)28-23-29-26-13-32-23)20-16-5-3-4-6-19(16)31-21-17(20)11-12-18(27-21)14-7-9-15(25)10-8-14/h3-13,20H,1-2H3,(H,28,29,30)/t20-/m0/s1. The summed E-state index contributed by atoms with van der Waals surface area (Å²) in [5.74, 6) is 0.313. The lowest BCUT2D eigenvalue weighted by atomic mass is 9.69. The number of halogens is 1. The summed E-state index contributed by atoms with van der Waals surface area (Å²) in [4.78, 5) is 18.0. The minimum atomic E-state index is -0.848. The van der Waals surface area contributed by atoms with Gasteiger partial charge in [-0.2, -0.15) is 0 Å². The lowest BCUT2D eigenvalue weighted by molar-refractivity contribution is -0.124. The highest BCUT2D eigenvalue weighted by molar-refractivity contribution is 7.13. The topological polar surface area (TPSA) is 77.0 Å². The van der Waals surface area contributed by atoms with Crippen molar-refractivity contribution >= 4 is 22.4 Å². The number of fused-ring (bicyclic) bond motifs is 2. The van der Waals surface area contributed by atoms with Crippen LogP contribution in [0, 0.1) is 11.2 Å². The van der Waals surface area contributed by atoms with Crippen LogP contribution < -0.4 is 10.1 Å². The molecule has 1 amide bonds. The van der Waals surface area contributed by atoms with Crippen LogP contribution in [0.2, 0.25) is 0 Å². The van der Waals surface area contributed by atoms with Crippen molar-refractivity contribution in [1.82, 2.24) is 15.2 Å². The predicted octanol–water partition coefficient (Wildman–Crippen LogP) is 5.64. The van der Waals surface area contributed by atoms with E-state index in [2.05, 4.69) is 15.5 Å². The summed E-state index contributed by atoms with van der Waals surface area (Å²) in [6.07, 6.45) is 0. The Kier molecular flexibility index (Phi) is 4.94. The van der Waals surface area contributed by atoms with Crippen molar-refractivity contribution in [2.45, 2.75) is 19.8 Å². The quantitative estimate of drug-likeness (QED) is 0.439. The summed E-state index contributed by atoms with van der Waals surface area (Å²) in [5, 5.41) is 11.0. The van der Waals surface area contributed by atoms with Gasteiger partial charge in [0, 0.05) is 22.6 Å². The molecule has 160 valence electrons. The minimum absolute atomic E-state index is 0.176. The van der Waals surface area contributed by atoms with Gasteiger partial charge in [0.1, 0.15) is 17.1 Å². The third-order valence-corrected chi connectivity index (χ3v) is 6.27. The molecule has 1 atom stereocenters. The fourth-order valence-electron chi connectivity index (χ4n) is 4.01. The molecule has 32 heavy (non-hydrogen) atoms. The second-order valence-electron chi connectivity index (χ2n) is 8.09. The maximum Gasteiger partial charge on any atom is 0.232 e. The van der Waals surface area contributed by atoms with E-state index in [0.29, 0.717) is 22.5 Å². The van der Waals surface area contributed by atoms with Crippen molar-refractivity contribution in [3.63, 3.8) is 0 Å². The molecule has 0 fully saturated rings. The predicted molar refractivity (Wildman–Crippen MR) is 120 cm³/mol. The van der Waals surface area contributed by atoms with Crippen LogP contribution in [0.25, 0.3) is 11.3 Å². The van der Waals surface area contributed by atoms with Gasteiger partial charge in [0.25, 0.3) is 0 Å². The number of ether oxygens (including phenoxy) is 1. The first-order valence-corrected chi connectivity index (χ1v) is 10.9. The maximum absolute atomic E-state index is 13.3. The van der Waals surface area contributed by atoms with Crippen molar-refractivity contribution in [1.29, 1.82) is 0 Å². The first kappa shape index (κ1) is 20.3. The zero-order chi connectivity index (χ0) is 22.3. The van der Waals surface area contributed by atoms with Crippen molar-refractivity contribution in [2.24, 2.45) is 5.41 Å². The zero-order valence-corrected chi connectivity index (χ0v) is 18.2. The Morgan fingerprint density at radius 1 is 1.06 bits per heavy atom. The SMILES string of the molecule is CC(C)(C(=O)Nc1nncs1)[C@H]1c2ccccc2Oc2nc(-c3ccc(F)cc3)ccc21. The molecule has 1 aliphatic heterocycles. The van der Waals surface area contributed by atoms with E-state index in [-0.39, 0.29) is 17.6 Å². The van der Waals surface area contributed by atoms with Gasteiger partial charge >= 0.3 is 0 Å². The molecule has 0 saturated heterocycles. The summed E-state index contributed by atoms with van der Waals surface area (Å²) >= 11 is 1.27. The number of rotatable bonds is 4. The Hall–Kier alpha value is -3.65. The molecule has 0 aliphatic carbocycles. The third-order valence-electron chi connectivity index (χ3n) is 5.66. The number of nitrogens with one attached hydrogen (secondary N) is 1. The van der Waals surface area contributed by atoms with E-state index in [4.69, 9.17) is 9.72 Å². The van der Waals surface area contributed by atoms with E-state index in [1.165, 1.54) is 23.5 Å². The van der Waals surface area contributed by atoms with E-state index in [0.717, 1.165) is 16.7 Å². The Balaban J connectivity index is 1.58. The summed E-state index contributed by atoms with van der Waals surface area (Å²) in [7, 11) is 0. The Labute approximate surface area is 188 Å². The van der Waals surface area contributed by atoms with Gasteiger partial charge in [0.15, 0.2) is 0 Å². The molecule has 0 unspecified atom stereocenters. The molecular weight excluding hydrogens is 427 g/mol. The molecule has 0 bridgehead atoms. The van der Waals surface area contributed by atoms with Crippen molar-refractivity contribution in [2.75, 3.05) is 5.32 Å². The van der Waals surface area contributed by atoms with E-state index >= 15 is 0 Å². The smallest absolute Gasteiger partial charge is 0.232 e. The van der Waals surface area contributed by atoms with Gasteiger partial charge in [0.2, 0.25) is 16.9 Å². The van der Waals surface area contributed by atoms with Crippen molar-refractivity contribution in [3.05, 3.63) is 83.1 Å². The van der Waals surface area contributed by atoms with E-state index in [1.54, 1.807) is 17.6 Å². The highest BCUT2D eigenvalue weighted by Crippen LogP contribution is 2.51. The molecule has 3 heterocycles. The lowest BCUT2D eigenvalue weighted by Gasteiger charge is -2.37. The Morgan fingerprint density at radius 2 is 1.84 bits per heavy atom. The van der Waals surface area contributed by atoms with Crippen LogP contribution in [0.15, 0.2) is 66.2 Å². The van der Waals surface area contributed by atoms with E-state index in [9.17, 15) is 9.18 Å². The molecule has 1 N–H and O–H groups in total. The number of anilines is 1. The number of para-hydroxylation sites is 1. The van der Waals surface area contributed by atoms with Crippen molar-refractivity contribution in [3.8, 4) is 22.9 Å². The summed E-state index contributed by atoms with van der Waals surface area (Å²) < 4.78 is 19.5. The lowest BCUT2D eigenvalue weighted by Crippen LogP contribution is -2.38. The van der Waals surface area contributed by atoms with Crippen LogP contribution in [0.5, 0.6) is 11.6 Å². The Morgan fingerprint density at radius 3 is 2.59 bits per heavy atom. The molecule has 4 aromatic rings. The average Bonchev–Trinajstić information content (AvgIpc) is 3.30. The zero-order valence-electron chi connectivity index (χ0n) is 17.4. The molecule has 2 aromatic carbocycles. The molecular formula is C24H19FN4O2S. The molecule has 1 aliphatic rings. The number of benzene rings is 2. The first-order chi connectivity index (χ1) is 15.4. The summed E-state index contributed by atoms with van der Waals surface area (Å²) in [6.45, 7) is 3.79. The number of pyridine rings is 1. The maximum atomic E-state index is 13.3. The highest BCUT2D eigenvalue weighted by Gasteiger charge is 2.44. The number of hydrogen-bond donors (Lipinski definition) is 1. The third kappa shape index (κ3) is 3.52. The normalized spacial score (nSPS) is 14.8. The molecule has 0 spiro atoms. The molecule has 5 rings (SSSR count). The number of carbonyl (C=O) groups excluding carboxylic acids is 1. The van der Waals surface area contributed by atoms with Crippen molar-refractivity contribution < 1.29 is 13.9 Å². The average molecular weight is 447 g/mol. The van der Waals surface area contributed by atoms with Gasteiger partial charge in [0.05, 0.1) is 11.1 Å². The molecule has 2 aromatic heterocycles. The number of carbonyl (C=O) groups is 1. The Bertz CT molecular complexity index is 1290. The largest absolute Gasteiger partial charge is 0.438 e. The summed E-state index contributed by atoms with van der Waals surface area (Å²) in [6, 6.07) is 17.6. The second-order valence-corrected chi connectivity index (χ2v) is 8.92. The monoisotopic (exact) mass is 446 g/mol. The molecule has 0 radical (unpaired) electrons. The van der Waals surface area contributed by atoms with Crippen LogP contribution in [-0.2, 0) is 4.79 Å². The van der Waals surface area contributed by atoms with Gasteiger partial charge < -0.3 is 10.1 Å². The van der Waals surface area contributed by atoms with Crippen LogP contribution in [0.3, 0.4) is 0 Å².